The van der Waals surface area contributed by atoms with Gasteiger partial charge in [0.25, 0.3) is 5.56 Å². The Bertz CT molecular complexity index is 588. The standard InChI is InChI=1S/C12H14N2O4/c1-6(15)7-5-8(13-2)11(16)14-9(7)3-4-10(14)12(17)18/h5,10,13H,3-4H2,1-2H3,(H,17,18). The molecule has 6 heteroatoms. The molecule has 2 rings (SSSR count). The van der Waals surface area contributed by atoms with E-state index in [1.165, 1.54) is 17.6 Å². The number of rotatable bonds is 3. The molecule has 1 aliphatic heterocycles. The number of carboxylic acid groups (broad SMARTS) is 1. The number of aromatic nitrogens is 1. The van der Waals surface area contributed by atoms with Crippen molar-refractivity contribution in [2.75, 3.05) is 12.4 Å². The number of fused-ring (bicyclic) bond motifs is 1. The molecule has 96 valence electrons. The Kier molecular flexibility index (Phi) is 2.94. The molecular formula is C12H14N2O4. The summed E-state index contributed by atoms with van der Waals surface area (Å²) in [4.78, 5) is 34.8. The molecule has 0 aromatic carbocycles. The minimum Gasteiger partial charge on any atom is -0.480 e. The zero-order valence-corrected chi connectivity index (χ0v) is 10.2. The van der Waals surface area contributed by atoms with Gasteiger partial charge in [-0.1, -0.05) is 0 Å². The molecule has 2 N–H and O–H groups in total. The minimum absolute atomic E-state index is 0.165. The quantitative estimate of drug-likeness (QED) is 0.769. The Labute approximate surface area is 103 Å². The fraction of sp³-hybridized carbons (Fsp3) is 0.417. The fourth-order valence-electron chi connectivity index (χ4n) is 2.38. The van der Waals surface area contributed by atoms with Crippen LogP contribution in [-0.2, 0) is 11.2 Å². The summed E-state index contributed by atoms with van der Waals surface area (Å²) >= 11 is 0. The Morgan fingerprint density at radius 3 is 2.67 bits per heavy atom. The molecule has 6 nitrogen and oxygen atoms in total. The fourth-order valence-corrected chi connectivity index (χ4v) is 2.38. The van der Waals surface area contributed by atoms with Crippen LogP contribution in [-0.4, -0.2) is 28.5 Å². The van der Waals surface area contributed by atoms with E-state index in [-0.39, 0.29) is 17.0 Å². The molecule has 0 amide bonds. The zero-order chi connectivity index (χ0) is 13.4. The highest BCUT2D eigenvalue weighted by molar-refractivity contribution is 5.96. The molecule has 0 radical (unpaired) electrons. The Morgan fingerprint density at radius 2 is 2.17 bits per heavy atom. The molecule has 0 aliphatic carbocycles. The monoisotopic (exact) mass is 250 g/mol. The number of hydrogen-bond donors (Lipinski definition) is 2. The largest absolute Gasteiger partial charge is 0.480 e. The van der Waals surface area contributed by atoms with Crippen LogP contribution in [0.2, 0.25) is 0 Å². The summed E-state index contributed by atoms with van der Waals surface area (Å²) in [6.45, 7) is 1.41. The van der Waals surface area contributed by atoms with E-state index in [1.54, 1.807) is 7.05 Å². The number of ketones is 1. The molecule has 0 saturated carbocycles. The number of carboxylic acids is 1. The van der Waals surface area contributed by atoms with Gasteiger partial charge in [-0.05, 0) is 25.8 Å². The van der Waals surface area contributed by atoms with Crippen molar-refractivity contribution in [2.24, 2.45) is 0 Å². The number of aliphatic carboxylic acids is 1. The second-order valence-electron chi connectivity index (χ2n) is 4.29. The van der Waals surface area contributed by atoms with Gasteiger partial charge in [0.15, 0.2) is 5.78 Å². The van der Waals surface area contributed by atoms with Gasteiger partial charge in [-0.15, -0.1) is 0 Å². The van der Waals surface area contributed by atoms with Crippen molar-refractivity contribution in [2.45, 2.75) is 25.8 Å². The van der Waals surface area contributed by atoms with E-state index in [0.717, 1.165) is 0 Å². The van der Waals surface area contributed by atoms with Gasteiger partial charge in [-0.3, -0.25) is 14.2 Å². The Balaban J connectivity index is 2.75. The highest BCUT2D eigenvalue weighted by Gasteiger charge is 2.32. The summed E-state index contributed by atoms with van der Waals surface area (Å²) in [7, 11) is 1.57. The number of carbonyl (C=O) groups excluding carboxylic acids is 1. The van der Waals surface area contributed by atoms with Crippen molar-refractivity contribution >= 4 is 17.4 Å². The third-order valence-electron chi connectivity index (χ3n) is 3.24. The second kappa shape index (κ2) is 4.29. The van der Waals surface area contributed by atoms with Gasteiger partial charge in [0, 0.05) is 18.3 Å². The van der Waals surface area contributed by atoms with Gasteiger partial charge in [0.1, 0.15) is 11.7 Å². The highest BCUT2D eigenvalue weighted by atomic mass is 16.4. The molecule has 1 aliphatic rings. The van der Waals surface area contributed by atoms with E-state index in [0.29, 0.717) is 24.1 Å². The number of nitrogens with zero attached hydrogens (tertiary/aromatic N) is 1. The maximum absolute atomic E-state index is 12.1. The van der Waals surface area contributed by atoms with Crippen molar-refractivity contribution in [3.8, 4) is 0 Å². The first-order valence-electron chi connectivity index (χ1n) is 5.67. The molecule has 0 bridgehead atoms. The number of anilines is 1. The number of Topliss-reactive ketones (excluding diaryl/α,β-unsaturated/α-hetero) is 1. The Hall–Kier alpha value is -2.11. The molecule has 1 aromatic rings. The molecule has 1 atom stereocenters. The molecule has 0 fully saturated rings. The maximum atomic E-state index is 12.1. The molecule has 0 saturated heterocycles. The predicted octanol–water partition coefficient (Wildman–Crippen LogP) is 0.664. The molecule has 18 heavy (non-hydrogen) atoms. The van der Waals surface area contributed by atoms with E-state index in [9.17, 15) is 14.4 Å². The highest BCUT2D eigenvalue weighted by Crippen LogP contribution is 2.28. The first kappa shape index (κ1) is 12.3. The van der Waals surface area contributed by atoms with Crippen molar-refractivity contribution < 1.29 is 14.7 Å². The lowest BCUT2D eigenvalue weighted by atomic mass is 10.1. The van der Waals surface area contributed by atoms with Crippen LogP contribution in [0.5, 0.6) is 0 Å². The zero-order valence-electron chi connectivity index (χ0n) is 10.2. The van der Waals surface area contributed by atoms with Crippen LogP contribution in [0.25, 0.3) is 0 Å². The molecule has 0 spiro atoms. The predicted molar refractivity (Wildman–Crippen MR) is 65.2 cm³/mol. The third kappa shape index (κ3) is 1.70. The Morgan fingerprint density at radius 1 is 1.50 bits per heavy atom. The third-order valence-corrected chi connectivity index (χ3v) is 3.24. The van der Waals surface area contributed by atoms with Gasteiger partial charge < -0.3 is 10.4 Å². The van der Waals surface area contributed by atoms with E-state index in [1.807, 2.05) is 0 Å². The van der Waals surface area contributed by atoms with Crippen LogP contribution in [0.15, 0.2) is 10.9 Å². The minimum atomic E-state index is -1.04. The van der Waals surface area contributed by atoms with Crippen LogP contribution in [0, 0.1) is 0 Å². The molecule has 1 aromatic heterocycles. The van der Waals surface area contributed by atoms with Crippen molar-refractivity contribution in [1.82, 2.24) is 4.57 Å². The van der Waals surface area contributed by atoms with Crippen LogP contribution in [0.4, 0.5) is 5.69 Å². The lowest BCUT2D eigenvalue weighted by Gasteiger charge is -2.14. The summed E-state index contributed by atoms with van der Waals surface area (Å²) in [5.74, 6) is -1.21. The van der Waals surface area contributed by atoms with E-state index in [4.69, 9.17) is 5.11 Å². The lowest BCUT2D eigenvalue weighted by molar-refractivity contribution is -0.140. The van der Waals surface area contributed by atoms with E-state index in [2.05, 4.69) is 5.32 Å². The normalized spacial score (nSPS) is 17.3. The summed E-state index contributed by atoms with van der Waals surface area (Å²) in [6, 6.07) is 0.625. The molecular weight excluding hydrogens is 236 g/mol. The van der Waals surface area contributed by atoms with Crippen LogP contribution in [0.1, 0.15) is 35.4 Å². The summed E-state index contributed by atoms with van der Waals surface area (Å²) in [5.41, 5.74) is 0.807. The number of pyridine rings is 1. The first-order chi connectivity index (χ1) is 8.47. The van der Waals surface area contributed by atoms with Gasteiger partial charge in [0.2, 0.25) is 0 Å². The van der Waals surface area contributed by atoms with Crippen LogP contribution in [0.3, 0.4) is 0 Å². The average Bonchev–Trinajstić information content (AvgIpc) is 2.74. The smallest absolute Gasteiger partial charge is 0.326 e. The van der Waals surface area contributed by atoms with Gasteiger partial charge >= 0.3 is 5.97 Å². The number of nitrogens with one attached hydrogen (secondary N) is 1. The van der Waals surface area contributed by atoms with Crippen LogP contribution < -0.4 is 10.9 Å². The summed E-state index contributed by atoms with van der Waals surface area (Å²) < 4.78 is 1.23. The van der Waals surface area contributed by atoms with Gasteiger partial charge in [-0.25, -0.2) is 4.79 Å². The SMILES string of the molecule is CNc1cc(C(C)=O)c2n(c1=O)C(C(=O)O)CC2. The summed E-state index contributed by atoms with van der Waals surface area (Å²) in [6.07, 6.45) is 0.781. The van der Waals surface area contributed by atoms with E-state index >= 15 is 0 Å². The van der Waals surface area contributed by atoms with Crippen molar-refractivity contribution in [3.05, 3.63) is 27.7 Å². The van der Waals surface area contributed by atoms with Gasteiger partial charge in [0.05, 0.1) is 0 Å². The van der Waals surface area contributed by atoms with Crippen molar-refractivity contribution in [1.29, 1.82) is 0 Å². The maximum Gasteiger partial charge on any atom is 0.326 e. The van der Waals surface area contributed by atoms with Gasteiger partial charge in [-0.2, -0.15) is 0 Å². The lowest BCUT2D eigenvalue weighted by Crippen LogP contribution is -2.30. The summed E-state index contributed by atoms with van der Waals surface area (Å²) in [5, 5.41) is 11.8. The van der Waals surface area contributed by atoms with E-state index < -0.39 is 12.0 Å². The number of hydrogen-bond acceptors (Lipinski definition) is 4. The second-order valence-corrected chi connectivity index (χ2v) is 4.29. The first-order valence-corrected chi connectivity index (χ1v) is 5.67. The molecule has 1 unspecified atom stereocenters. The van der Waals surface area contributed by atoms with Crippen molar-refractivity contribution in [3.63, 3.8) is 0 Å². The number of carbonyl (C=O) groups is 2. The average molecular weight is 250 g/mol. The topological polar surface area (TPSA) is 88.4 Å². The molecule has 2 heterocycles. The van der Waals surface area contributed by atoms with Crippen LogP contribution >= 0.6 is 0 Å².